The maximum atomic E-state index is 14.3. The van der Waals surface area contributed by atoms with E-state index >= 15 is 0 Å². The second-order valence-corrected chi connectivity index (χ2v) is 13.5. The van der Waals surface area contributed by atoms with Crippen molar-refractivity contribution in [3.8, 4) is 16.9 Å². The van der Waals surface area contributed by atoms with Gasteiger partial charge in [0.1, 0.15) is 22.8 Å². The maximum absolute atomic E-state index is 14.3. The van der Waals surface area contributed by atoms with Crippen molar-refractivity contribution in [2.45, 2.75) is 57.7 Å². The van der Waals surface area contributed by atoms with Crippen molar-refractivity contribution in [1.82, 2.24) is 9.80 Å². The minimum absolute atomic E-state index is 0.00138. The van der Waals surface area contributed by atoms with Gasteiger partial charge >= 0.3 is 0 Å². The van der Waals surface area contributed by atoms with Gasteiger partial charge in [-0.05, 0) is 97.9 Å². The van der Waals surface area contributed by atoms with Gasteiger partial charge in [0, 0.05) is 18.0 Å². The quantitative estimate of drug-likeness (QED) is 0.208. The monoisotopic (exact) mass is 653 g/mol. The van der Waals surface area contributed by atoms with Crippen molar-refractivity contribution in [2.24, 2.45) is 17.6 Å². The molecule has 3 aliphatic rings. The van der Waals surface area contributed by atoms with Crippen LogP contribution in [0.15, 0.2) is 71.2 Å². The van der Waals surface area contributed by atoms with E-state index in [9.17, 15) is 34.8 Å². The number of amides is 1. The molecule has 1 unspecified atom stereocenters. The number of aliphatic hydroxyl groups excluding tert-OH is 2. The first-order chi connectivity index (χ1) is 22.9. The lowest BCUT2D eigenvalue weighted by Crippen LogP contribution is -2.63. The molecule has 0 saturated carbocycles. The Morgan fingerprint density at radius 3 is 2.21 bits per heavy atom. The summed E-state index contributed by atoms with van der Waals surface area (Å²) in [5.74, 6) is -6.68. The van der Waals surface area contributed by atoms with E-state index in [0.29, 0.717) is 5.56 Å². The van der Waals surface area contributed by atoms with Crippen molar-refractivity contribution in [3.05, 3.63) is 87.9 Å². The summed E-state index contributed by atoms with van der Waals surface area (Å²) in [6.45, 7) is 7.15. The number of hydrogen-bond acceptors (Lipinski definition) is 9. The van der Waals surface area contributed by atoms with E-state index in [4.69, 9.17) is 5.73 Å². The second-order valence-electron chi connectivity index (χ2n) is 13.5. The number of primary amides is 1. The summed E-state index contributed by atoms with van der Waals surface area (Å²) in [5, 5.41) is 47.8. The third kappa shape index (κ3) is 5.01. The fourth-order valence-electron chi connectivity index (χ4n) is 8.38. The maximum Gasteiger partial charge on any atom is 0.255 e. The number of nitrogens with zero attached hydrogens (tertiary/aromatic N) is 2. The summed E-state index contributed by atoms with van der Waals surface area (Å²) >= 11 is 0. The minimum Gasteiger partial charge on any atom is -0.510 e. The predicted molar refractivity (Wildman–Crippen MR) is 182 cm³/mol. The number of Topliss-reactive ketones (excluding diaryl/α,β-unsaturated/α-hetero) is 2. The lowest BCUT2D eigenvalue weighted by molar-refractivity contribution is -0.148. The fourth-order valence-corrected chi connectivity index (χ4v) is 8.38. The molecule has 3 aromatic rings. The van der Waals surface area contributed by atoms with Crippen LogP contribution in [-0.2, 0) is 22.6 Å². The number of aliphatic hydroxyl groups is 3. The second kappa shape index (κ2) is 12.5. The van der Waals surface area contributed by atoms with Gasteiger partial charge in [-0.3, -0.25) is 24.2 Å². The lowest BCUT2D eigenvalue weighted by Gasteiger charge is -2.50. The Labute approximate surface area is 279 Å². The van der Waals surface area contributed by atoms with Crippen molar-refractivity contribution < 1.29 is 34.8 Å². The number of nitrogens with two attached hydrogens (primary N) is 1. The Hall–Kier alpha value is -4.51. The molecule has 6 N–H and O–H groups in total. The van der Waals surface area contributed by atoms with Gasteiger partial charge in [0.25, 0.3) is 5.91 Å². The van der Waals surface area contributed by atoms with E-state index in [1.807, 2.05) is 12.1 Å². The van der Waals surface area contributed by atoms with E-state index in [-0.39, 0.29) is 29.7 Å². The molecule has 1 amide bonds. The van der Waals surface area contributed by atoms with E-state index in [2.05, 4.69) is 43.0 Å². The van der Waals surface area contributed by atoms with Gasteiger partial charge in [-0.15, -0.1) is 0 Å². The molecule has 4 atom stereocenters. The highest BCUT2D eigenvalue weighted by Crippen LogP contribution is 2.53. The highest BCUT2D eigenvalue weighted by molar-refractivity contribution is 6.25. The number of hydrogen-bond donors (Lipinski definition) is 5. The van der Waals surface area contributed by atoms with Crippen molar-refractivity contribution in [1.29, 1.82) is 0 Å². The standard InChI is InChI=1S/C38H43N3O7/c1-5-15-41(16-6-2)19-20-11-12-24(23-10-8-7-9-22(20)23)25-13-14-28(42)30-26(25)17-21-18-27-32(40(3)4)34(44)31(37(39)47)36(46)38(27,48)35(45)29(21)33(30)43/h7-14,21,27,32,42,44-45,48H,5-6,15-19H2,1-4H3,(H2,39,47)/t21-,27-,32?,38-/m1/s1. The first kappa shape index (κ1) is 33.4. The number of ketones is 2. The summed E-state index contributed by atoms with van der Waals surface area (Å²) in [6, 6.07) is 14.5. The minimum atomic E-state index is -2.67. The number of phenols is 1. The fraction of sp³-hybridized carbons (Fsp3) is 0.395. The number of likely N-dealkylation sites (N-methyl/N-ethyl adjacent to an activating group) is 1. The van der Waals surface area contributed by atoms with Gasteiger partial charge in [-0.1, -0.05) is 56.3 Å². The molecule has 252 valence electrons. The van der Waals surface area contributed by atoms with E-state index in [1.54, 1.807) is 25.1 Å². The van der Waals surface area contributed by atoms with Crippen molar-refractivity contribution in [3.63, 3.8) is 0 Å². The van der Waals surface area contributed by atoms with Crippen LogP contribution in [0.4, 0.5) is 0 Å². The largest absolute Gasteiger partial charge is 0.510 e. The Kier molecular flexibility index (Phi) is 8.70. The predicted octanol–water partition coefficient (Wildman–Crippen LogP) is 4.56. The number of carbonyl (C=O) groups is 3. The third-order valence-electron chi connectivity index (χ3n) is 10.4. The molecule has 0 aliphatic heterocycles. The first-order valence-electron chi connectivity index (χ1n) is 16.6. The summed E-state index contributed by atoms with van der Waals surface area (Å²) in [4.78, 5) is 44.1. The number of phenolic OH excluding ortho intramolecular Hbond substituents is 1. The molecule has 6 rings (SSSR count). The summed E-state index contributed by atoms with van der Waals surface area (Å²) < 4.78 is 0. The highest BCUT2D eigenvalue weighted by atomic mass is 16.3. The van der Waals surface area contributed by atoms with Gasteiger partial charge in [0.2, 0.25) is 5.78 Å². The van der Waals surface area contributed by atoms with Crippen LogP contribution in [0.2, 0.25) is 0 Å². The zero-order valence-electron chi connectivity index (χ0n) is 27.8. The number of carbonyl (C=O) groups excluding carboxylic acids is 3. The zero-order chi connectivity index (χ0) is 34.7. The first-order valence-corrected chi connectivity index (χ1v) is 16.6. The molecule has 0 radical (unpaired) electrons. The molecule has 10 nitrogen and oxygen atoms in total. The topological polar surface area (TPSA) is 165 Å². The highest BCUT2D eigenvalue weighted by Gasteiger charge is 2.63. The van der Waals surface area contributed by atoms with Crippen LogP contribution in [-0.4, -0.2) is 86.5 Å². The molecular weight excluding hydrogens is 610 g/mol. The van der Waals surface area contributed by atoms with Crippen LogP contribution in [0.3, 0.4) is 0 Å². The average molecular weight is 654 g/mol. The van der Waals surface area contributed by atoms with Crippen LogP contribution in [0.5, 0.6) is 5.75 Å². The van der Waals surface area contributed by atoms with Gasteiger partial charge in [-0.2, -0.15) is 0 Å². The van der Waals surface area contributed by atoms with Crippen molar-refractivity contribution in [2.75, 3.05) is 27.2 Å². The van der Waals surface area contributed by atoms with Crippen LogP contribution < -0.4 is 5.73 Å². The van der Waals surface area contributed by atoms with Crippen LogP contribution >= 0.6 is 0 Å². The average Bonchev–Trinajstić information content (AvgIpc) is 3.03. The molecule has 0 heterocycles. The van der Waals surface area contributed by atoms with Gasteiger partial charge < -0.3 is 26.2 Å². The number of fused-ring (bicyclic) bond motifs is 4. The van der Waals surface area contributed by atoms with Crippen LogP contribution in [0.25, 0.3) is 21.9 Å². The summed E-state index contributed by atoms with van der Waals surface area (Å²) in [7, 11) is 3.23. The molecule has 0 bridgehead atoms. The molecule has 3 aromatic carbocycles. The van der Waals surface area contributed by atoms with Gasteiger partial charge in [0.15, 0.2) is 11.4 Å². The number of rotatable bonds is 9. The molecule has 0 fully saturated rings. The van der Waals surface area contributed by atoms with Gasteiger partial charge in [-0.25, -0.2) is 0 Å². The molecule has 48 heavy (non-hydrogen) atoms. The van der Waals surface area contributed by atoms with E-state index in [1.165, 1.54) is 11.6 Å². The smallest absolute Gasteiger partial charge is 0.255 e. The van der Waals surface area contributed by atoms with Crippen LogP contribution in [0, 0.1) is 11.8 Å². The van der Waals surface area contributed by atoms with Crippen LogP contribution in [0.1, 0.15) is 54.6 Å². The number of allylic oxidation sites excluding steroid dienone is 1. The molecule has 0 aromatic heterocycles. The summed E-state index contributed by atoms with van der Waals surface area (Å²) in [6.07, 6.45) is 2.36. The SMILES string of the molecule is CCCN(CCC)Cc1ccc(-c2ccc(O)c3c2C[C@@H]2C[C@@H]4C(N(C)C)C(O)=C(C(N)=O)C(=O)[C@]4(O)C(O)=C2C3=O)c2ccccc12. The molecular formula is C38H43N3O7. The van der Waals surface area contributed by atoms with Crippen molar-refractivity contribution >= 4 is 28.2 Å². The Morgan fingerprint density at radius 1 is 0.938 bits per heavy atom. The van der Waals surface area contributed by atoms with Gasteiger partial charge in [0.05, 0.1) is 11.6 Å². The van der Waals surface area contributed by atoms with E-state index in [0.717, 1.165) is 54.4 Å². The number of benzene rings is 3. The molecule has 0 saturated heterocycles. The summed E-state index contributed by atoms with van der Waals surface area (Å²) in [5.41, 5.74) is 5.23. The number of aromatic hydroxyl groups is 1. The molecule has 0 spiro atoms. The Morgan fingerprint density at radius 2 is 1.58 bits per heavy atom. The Balaban J connectivity index is 1.50. The van der Waals surface area contributed by atoms with E-state index < -0.39 is 58.0 Å². The zero-order valence-corrected chi connectivity index (χ0v) is 27.8. The lowest BCUT2D eigenvalue weighted by atomic mass is 9.58. The molecule has 10 heteroatoms. The Bertz CT molecular complexity index is 1910. The molecule has 3 aliphatic carbocycles. The third-order valence-corrected chi connectivity index (χ3v) is 10.4. The normalized spacial score (nSPS) is 23.9.